The smallest absolute Gasteiger partial charge is 0.123 e. The van der Waals surface area contributed by atoms with E-state index in [4.69, 9.17) is 0 Å². The van der Waals surface area contributed by atoms with E-state index in [0.29, 0.717) is 12.1 Å². The van der Waals surface area contributed by atoms with Gasteiger partial charge >= 0.3 is 0 Å². The van der Waals surface area contributed by atoms with Crippen LogP contribution in [0.5, 0.6) is 0 Å². The van der Waals surface area contributed by atoms with Crippen LogP contribution in [0.1, 0.15) is 24.9 Å². The molecule has 1 saturated heterocycles. The predicted octanol–water partition coefficient (Wildman–Crippen LogP) is 2.18. The average molecular weight is 222 g/mol. The van der Waals surface area contributed by atoms with Crippen molar-refractivity contribution in [2.75, 3.05) is 20.1 Å². The molecule has 88 valence electrons. The molecule has 0 aromatic heterocycles. The summed E-state index contributed by atoms with van der Waals surface area (Å²) in [6, 6.07) is 7.87. The Hall–Kier alpha value is -0.930. The molecule has 2 rings (SSSR count). The fourth-order valence-electron chi connectivity index (χ4n) is 2.29. The molecule has 0 saturated carbocycles. The summed E-state index contributed by atoms with van der Waals surface area (Å²) in [5.41, 5.74) is 1.08. The minimum Gasteiger partial charge on any atom is -0.314 e. The summed E-state index contributed by atoms with van der Waals surface area (Å²) < 4.78 is 13.2. The molecule has 0 amide bonds. The van der Waals surface area contributed by atoms with Crippen LogP contribution in [-0.2, 0) is 0 Å². The van der Waals surface area contributed by atoms with Gasteiger partial charge in [0.25, 0.3) is 0 Å². The number of hydrogen-bond donors (Lipinski definition) is 1. The maximum Gasteiger partial charge on any atom is 0.123 e. The van der Waals surface area contributed by atoms with E-state index < -0.39 is 0 Å². The van der Waals surface area contributed by atoms with Gasteiger partial charge in [0, 0.05) is 25.2 Å². The van der Waals surface area contributed by atoms with E-state index in [1.54, 1.807) is 12.1 Å². The molecule has 0 radical (unpaired) electrons. The van der Waals surface area contributed by atoms with Crippen LogP contribution in [0.15, 0.2) is 24.3 Å². The number of nitrogens with one attached hydrogen (secondary N) is 1. The monoisotopic (exact) mass is 222 g/mol. The van der Waals surface area contributed by atoms with Gasteiger partial charge < -0.3 is 5.32 Å². The zero-order valence-corrected chi connectivity index (χ0v) is 9.91. The van der Waals surface area contributed by atoms with Crippen molar-refractivity contribution in [2.24, 2.45) is 0 Å². The average Bonchev–Trinajstić information content (AvgIpc) is 2.16. The predicted molar refractivity (Wildman–Crippen MR) is 63.9 cm³/mol. The summed E-state index contributed by atoms with van der Waals surface area (Å²) in [6.45, 7) is 4.24. The van der Waals surface area contributed by atoms with Gasteiger partial charge in [-0.25, -0.2) is 4.39 Å². The van der Waals surface area contributed by atoms with Crippen LogP contribution in [0, 0.1) is 5.82 Å². The fourth-order valence-corrected chi connectivity index (χ4v) is 2.29. The zero-order valence-electron chi connectivity index (χ0n) is 9.91. The van der Waals surface area contributed by atoms with Crippen LogP contribution >= 0.6 is 0 Å². The van der Waals surface area contributed by atoms with Gasteiger partial charge in [-0.05, 0) is 31.2 Å². The standard InChI is InChI=1S/C13H19FN2/c1-3-13(16(2)12-8-15-9-12)10-5-4-6-11(14)7-10/h4-7,12-13,15H,3,8-9H2,1-2H3. The van der Waals surface area contributed by atoms with Gasteiger partial charge in [0.2, 0.25) is 0 Å². The van der Waals surface area contributed by atoms with Crippen LogP contribution in [-0.4, -0.2) is 31.1 Å². The number of halogens is 1. The topological polar surface area (TPSA) is 15.3 Å². The summed E-state index contributed by atoms with van der Waals surface area (Å²) in [6.07, 6.45) is 1.01. The Kier molecular flexibility index (Phi) is 3.56. The Morgan fingerprint density at radius 3 is 2.75 bits per heavy atom. The molecular weight excluding hydrogens is 203 g/mol. The SMILES string of the molecule is CCC(c1cccc(F)c1)N(C)C1CNC1. The van der Waals surface area contributed by atoms with Gasteiger partial charge in [-0.15, -0.1) is 0 Å². The summed E-state index contributed by atoms with van der Waals surface area (Å²) >= 11 is 0. The van der Waals surface area contributed by atoms with E-state index in [9.17, 15) is 4.39 Å². The molecule has 1 atom stereocenters. The molecule has 3 heteroatoms. The van der Waals surface area contributed by atoms with Crippen molar-refractivity contribution in [3.8, 4) is 0 Å². The van der Waals surface area contributed by atoms with Crippen LogP contribution in [0.25, 0.3) is 0 Å². The summed E-state index contributed by atoms with van der Waals surface area (Å²) in [4.78, 5) is 2.35. The van der Waals surface area contributed by atoms with Gasteiger partial charge in [0.15, 0.2) is 0 Å². The van der Waals surface area contributed by atoms with Gasteiger partial charge in [-0.2, -0.15) is 0 Å². The van der Waals surface area contributed by atoms with E-state index >= 15 is 0 Å². The Morgan fingerprint density at radius 2 is 2.25 bits per heavy atom. The molecule has 2 nitrogen and oxygen atoms in total. The lowest BCUT2D eigenvalue weighted by atomic mass is 9.99. The third-order valence-corrected chi connectivity index (χ3v) is 3.45. The molecular formula is C13H19FN2. The first-order valence-electron chi connectivity index (χ1n) is 5.90. The molecule has 0 bridgehead atoms. The molecule has 1 aliphatic heterocycles. The Bertz CT molecular complexity index is 350. The fraction of sp³-hybridized carbons (Fsp3) is 0.538. The van der Waals surface area contributed by atoms with Crippen LogP contribution < -0.4 is 5.32 Å². The normalized spacial score (nSPS) is 18.5. The lowest BCUT2D eigenvalue weighted by molar-refractivity contribution is 0.124. The second-order valence-corrected chi connectivity index (χ2v) is 4.46. The van der Waals surface area contributed by atoms with E-state index in [2.05, 4.69) is 24.2 Å². The molecule has 16 heavy (non-hydrogen) atoms. The lowest BCUT2D eigenvalue weighted by Gasteiger charge is -2.40. The number of rotatable bonds is 4. The lowest BCUT2D eigenvalue weighted by Crippen LogP contribution is -2.56. The Morgan fingerprint density at radius 1 is 1.50 bits per heavy atom. The highest BCUT2D eigenvalue weighted by Crippen LogP contribution is 2.26. The quantitative estimate of drug-likeness (QED) is 0.840. The van der Waals surface area contributed by atoms with Crippen molar-refractivity contribution in [1.29, 1.82) is 0 Å². The van der Waals surface area contributed by atoms with E-state index in [1.807, 2.05) is 6.07 Å². The second-order valence-electron chi connectivity index (χ2n) is 4.46. The van der Waals surface area contributed by atoms with Gasteiger partial charge in [0.05, 0.1) is 0 Å². The minimum absolute atomic E-state index is 0.143. The summed E-state index contributed by atoms with van der Waals surface area (Å²) in [7, 11) is 2.13. The number of likely N-dealkylation sites (N-methyl/N-ethyl adjacent to an activating group) is 1. The van der Waals surface area contributed by atoms with Crippen molar-refractivity contribution >= 4 is 0 Å². The first kappa shape index (κ1) is 11.6. The molecule has 1 heterocycles. The molecule has 1 aliphatic rings. The van der Waals surface area contributed by atoms with Gasteiger partial charge in [-0.1, -0.05) is 19.1 Å². The van der Waals surface area contributed by atoms with Gasteiger partial charge in [0.1, 0.15) is 5.82 Å². The third-order valence-electron chi connectivity index (χ3n) is 3.45. The molecule has 0 aliphatic carbocycles. The van der Waals surface area contributed by atoms with Crippen LogP contribution in [0.2, 0.25) is 0 Å². The number of hydrogen-bond acceptors (Lipinski definition) is 2. The molecule has 1 aromatic rings. The van der Waals surface area contributed by atoms with E-state index in [1.165, 1.54) is 6.07 Å². The Labute approximate surface area is 96.5 Å². The minimum atomic E-state index is -0.143. The molecule has 1 aromatic carbocycles. The van der Waals surface area contributed by atoms with Crippen molar-refractivity contribution in [3.63, 3.8) is 0 Å². The highest BCUT2D eigenvalue weighted by molar-refractivity contribution is 5.20. The van der Waals surface area contributed by atoms with Gasteiger partial charge in [-0.3, -0.25) is 4.90 Å². The summed E-state index contributed by atoms with van der Waals surface area (Å²) in [5, 5.41) is 3.27. The van der Waals surface area contributed by atoms with E-state index in [-0.39, 0.29) is 5.82 Å². The third kappa shape index (κ3) is 2.25. The second kappa shape index (κ2) is 4.93. The molecule has 1 fully saturated rings. The molecule has 0 spiro atoms. The highest BCUT2D eigenvalue weighted by Gasteiger charge is 2.27. The molecule has 1 unspecified atom stereocenters. The molecule has 1 N–H and O–H groups in total. The Balaban J connectivity index is 2.14. The van der Waals surface area contributed by atoms with Crippen molar-refractivity contribution in [1.82, 2.24) is 10.2 Å². The number of nitrogens with zero attached hydrogens (tertiary/aromatic N) is 1. The highest BCUT2D eigenvalue weighted by atomic mass is 19.1. The maximum absolute atomic E-state index is 13.2. The van der Waals surface area contributed by atoms with Crippen LogP contribution in [0.3, 0.4) is 0 Å². The largest absolute Gasteiger partial charge is 0.314 e. The van der Waals surface area contributed by atoms with Crippen LogP contribution in [0.4, 0.5) is 4.39 Å². The van der Waals surface area contributed by atoms with Crippen molar-refractivity contribution in [3.05, 3.63) is 35.6 Å². The summed E-state index contributed by atoms with van der Waals surface area (Å²) in [5.74, 6) is -0.143. The zero-order chi connectivity index (χ0) is 11.5. The van der Waals surface area contributed by atoms with E-state index in [0.717, 1.165) is 25.1 Å². The maximum atomic E-state index is 13.2. The first-order chi connectivity index (χ1) is 7.72. The number of benzene rings is 1. The first-order valence-corrected chi connectivity index (χ1v) is 5.90. The van der Waals surface area contributed by atoms with Crippen molar-refractivity contribution < 1.29 is 4.39 Å². The van der Waals surface area contributed by atoms with Crippen molar-refractivity contribution in [2.45, 2.75) is 25.4 Å².